The molecule has 1 aromatic carbocycles. The summed E-state index contributed by atoms with van der Waals surface area (Å²) in [4.78, 5) is 13.8. The third-order valence-electron chi connectivity index (χ3n) is 5.25. The van der Waals surface area contributed by atoms with Gasteiger partial charge in [0.15, 0.2) is 0 Å². The summed E-state index contributed by atoms with van der Waals surface area (Å²) in [7, 11) is -2.49. The van der Waals surface area contributed by atoms with Gasteiger partial charge in [-0.1, -0.05) is 11.6 Å². The Morgan fingerprint density at radius 2 is 1.87 bits per heavy atom. The topological polar surface area (TPSA) is 70.8 Å². The number of piperidine rings is 1. The van der Waals surface area contributed by atoms with Gasteiger partial charge in [0, 0.05) is 26.1 Å². The summed E-state index contributed by atoms with van der Waals surface area (Å²) < 4.78 is 71.5. The van der Waals surface area contributed by atoms with Gasteiger partial charge in [-0.3, -0.25) is 4.79 Å². The van der Waals surface area contributed by atoms with Crippen LogP contribution in [-0.2, 0) is 27.5 Å². The number of carbonyl (C=O) groups excluding carboxylic acids is 1. The van der Waals surface area contributed by atoms with Crippen LogP contribution in [0.1, 0.15) is 29.9 Å². The molecule has 0 saturated carbocycles. The molecular weight excluding hydrogens is 457 g/mol. The molecule has 2 aromatic rings. The molecule has 0 aliphatic carbocycles. The molecule has 170 valence electrons. The van der Waals surface area contributed by atoms with Gasteiger partial charge >= 0.3 is 6.18 Å². The first-order chi connectivity index (χ1) is 14.4. The van der Waals surface area contributed by atoms with Crippen molar-refractivity contribution < 1.29 is 30.8 Å². The molecule has 0 N–H and O–H groups in total. The van der Waals surface area contributed by atoms with Crippen LogP contribution in [0.5, 0.6) is 0 Å². The van der Waals surface area contributed by atoms with Gasteiger partial charge in [-0.2, -0.15) is 17.5 Å². The SMILES string of the molecule is Cc1ccc(CN(C)C(=O)C2CCN(S(=O)(=O)c3ccc(Cl)c(C(F)(F)F)c3)CC2)o1. The molecule has 2 heterocycles. The number of hydrogen-bond donors (Lipinski definition) is 0. The quantitative estimate of drug-likeness (QED) is 0.641. The number of nitrogens with zero attached hydrogens (tertiary/aromatic N) is 2. The van der Waals surface area contributed by atoms with Crippen molar-refractivity contribution in [2.45, 2.75) is 37.4 Å². The van der Waals surface area contributed by atoms with E-state index in [9.17, 15) is 26.4 Å². The highest BCUT2D eigenvalue weighted by molar-refractivity contribution is 7.89. The molecule has 1 aliphatic rings. The van der Waals surface area contributed by atoms with E-state index >= 15 is 0 Å². The molecule has 1 amide bonds. The summed E-state index contributed by atoms with van der Waals surface area (Å²) in [5, 5.41) is -0.564. The van der Waals surface area contributed by atoms with E-state index in [4.69, 9.17) is 16.0 Å². The Morgan fingerprint density at radius 1 is 1.23 bits per heavy atom. The first-order valence-electron chi connectivity index (χ1n) is 9.57. The fourth-order valence-electron chi connectivity index (χ4n) is 3.57. The van der Waals surface area contributed by atoms with Crippen molar-refractivity contribution in [3.05, 3.63) is 52.4 Å². The second-order valence-corrected chi connectivity index (χ2v) is 9.87. The van der Waals surface area contributed by atoms with Crippen LogP contribution in [0.4, 0.5) is 13.2 Å². The van der Waals surface area contributed by atoms with Crippen LogP contribution in [0.2, 0.25) is 5.02 Å². The molecule has 31 heavy (non-hydrogen) atoms. The van der Waals surface area contributed by atoms with Gasteiger partial charge in [0.05, 0.1) is 22.0 Å². The van der Waals surface area contributed by atoms with Gasteiger partial charge in [0.2, 0.25) is 15.9 Å². The van der Waals surface area contributed by atoms with E-state index in [0.717, 1.165) is 22.2 Å². The summed E-state index contributed by atoms with van der Waals surface area (Å²) in [5.74, 6) is 0.891. The van der Waals surface area contributed by atoms with Gasteiger partial charge in [0.25, 0.3) is 0 Å². The monoisotopic (exact) mass is 478 g/mol. The van der Waals surface area contributed by atoms with Gasteiger partial charge in [-0.05, 0) is 50.1 Å². The van der Waals surface area contributed by atoms with Crippen molar-refractivity contribution in [3.8, 4) is 0 Å². The standard InChI is InChI=1S/C20H22ClF3N2O4S/c1-13-3-4-15(30-13)12-25(2)19(27)14-7-9-26(10-8-14)31(28,29)16-5-6-18(21)17(11-16)20(22,23)24/h3-6,11,14H,7-10,12H2,1-2H3. The lowest BCUT2D eigenvalue weighted by atomic mass is 9.96. The Labute approximate surface area is 183 Å². The second-order valence-electron chi connectivity index (χ2n) is 7.52. The molecule has 3 rings (SSSR count). The molecule has 1 aliphatic heterocycles. The lowest BCUT2D eigenvalue weighted by Gasteiger charge is -2.32. The Hall–Kier alpha value is -2.04. The molecule has 0 unspecified atom stereocenters. The van der Waals surface area contributed by atoms with Crippen LogP contribution >= 0.6 is 11.6 Å². The number of halogens is 4. The fraction of sp³-hybridized carbons (Fsp3) is 0.450. The first-order valence-corrected chi connectivity index (χ1v) is 11.4. The van der Waals surface area contributed by atoms with Crippen LogP contribution in [-0.4, -0.2) is 43.7 Å². The van der Waals surface area contributed by atoms with Gasteiger partial charge in [-0.25, -0.2) is 8.42 Å². The molecular formula is C20H22ClF3N2O4S. The first kappa shape index (κ1) is 23.6. The predicted molar refractivity (Wildman–Crippen MR) is 108 cm³/mol. The summed E-state index contributed by atoms with van der Waals surface area (Å²) in [5.41, 5.74) is -1.20. The lowest BCUT2D eigenvalue weighted by Crippen LogP contribution is -2.43. The molecule has 0 bridgehead atoms. The number of rotatable bonds is 5. The zero-order chi connectivity index (χ0) is 23.0. The molecule has 6 nitrogen and oxygen atoms in total. The molecule has 11 heteroatoms. The van der Waals surface area contributed by atoms with Crippen molar-refractivity contribution >= 4 is 27.5 Å². The van der Waals surface area contributed by atoms with Crippen molar-refractivity contribution in [1.29, 1.82) is 0 Å². The van der Waals surface area contributed by atoms with Crippen LogP contribution in [0, 0.1) is 12.8 Å². The van der Waals surface area contributed by atoms with Crippen LogP contribution < -0.4 is 0 Å². The normalized spacial score (nSPS) is 16.5. The third kappa shape index (κ3) is 5.24. The highest BCUT2D eigenvalue weighted by Crippen LogP contribution is 2.37. The third-order valence-corrected chi connectivity index (χ3v) is 7.47. The Bertz CT molecular complexity index is 1060. The molecule has 0 radical (unpaired) electrons. The number of benzene rings is 1. The number of sulfonamides is 1. The van der Waals surface area contributed by atoms with Crippen molar-refractivity contribution in [2.75, 3.05) is 20.1 Å². The summed E-state index contributed by atoms with van der Waals surface area (Å²) >= 11 is 5.58. The van der Waals surface area contributed by atoms with E-state index in [0.29, 0.717) is 18.4 Å². The van der Waals surface area contributed by atoms with E-state index in [1.807, 2.05) is 0 Å². The maximum Gasteiger partial charge on any atom is 0.417 e. The summed E-state index contributed by atoms with van der Waals surface area (Å²) in [6.07, 6.45) is -4.21. The van der Waals surface area contributed by atoms with Crippen molar-refractivity contribution in [3.63, 3.8) is 0 Å². The zero-order valence-electron chi connectivity index (χ0n) is 16.9. The number of furan rings is 1. The van der Waals surface area contributed by atoms with E-state index in [1.165, 1.54) is 4.90 Å². The largest absolute Gasteiger partial charge is 0.464 e. The van der Waals surface area contributed by atoms with Crippen molar-refractivity contribution in [1.82, 2.24) is 9.21 Å². The number of hydrogen-bond acceptors (Lipinski definition) is 4. The Kier molecular flexibility index (Phi) is 6.73. The average Bonchev–Trinajstić information content (AvgIpc) is 3.11. The van der Waals surface area contributed by atoms with E-state index in [2.05, 4.69) is 0 Å². The number of alkyl halides is 3. The maximum atomic E-state index is 13.1. The molecule has 0 spiro atoms. The highest BCUT2D eigenvalue weighted by atomic mass is 35.5. The Balaban J connectivity index is 1.66. The highest BCUT2D eigenvalue weighted by Gasteiger charge is 2.37. The number of aryl methyl sites for hydroxylation is 1. The molecule has 0 atom stereocenters. The van der Waals surface area contributed by atoms with Gasteiger partial charge in [-0.15, -0.1) is 0 Å². The van der Waals surface area contributed by atoms with E-state index in [-0.39, 0.29) is 37.8 Å². The van der Waals surface area contributed by atoms with E-state index < -0.39 is 31.7 Å². The van der Waals surface area contributed by atoms with E-state index in [1.54, 1.807) is 26.1 Å². The van der Waals surface area contributed by atoms with Crippen LogP contribution in [0.3, 0.4) is 0 Å². The summed E-state index contributed by atoms with van der Waals surface area (Å²) in [6.45, 7) is 2.18. The molecule has 1 aromatic heterocycles. The zero-order valence-corrected chi connectivity index (χ0v) is 18.5. The minimum absolute atomic E-state index is 0.0381. The molecule has 1 saturated heterocycles. The van der Waals surface area contributed by atoms with Crippen LogP contribution in [0.15, 0.2) is 39.6 Å². The smallest absolute Gasteiger partial charge is 0.417 e. The minimum atomic E-state index is -4.76. The summed E-state index contributed by atoms with van der Waals surface area (Å²) in [6, 6.07) is 6.13. The van der Waals surface area contributed by atoms with Gasteiger partial charge in [0.1, 0.15) is 11.5 Å². The number of carbonyl (C=O) groups is 1. The second kappa shape index (κ2) is 8.84. The Morgan fingerprint density at radius 3 is 2.42 bits per heavy atom. The number of amides is 1. The van der Waals surface area contributed by atoms with Crippen LogP contribution in [0.25, 0.3) is 0 Å². The maximum absolute atomic E-state index is 13.1. The molecule has 1 fully saturated rings. The minimum Gasteiger partial charge on any atom is -0.464 e. The van der Waals surface area contributed by atoms with Gasteiger partial charge < -0.3 is 9.32 Å². The predicted octanol–water partition coefficient (Wildman–Crippen LogP) is 4.32. The van der Waals surface area contributed by atoms with Crippen molar-refractivity contribution in [2.24, 2.45) is 5.92 Å². The average molecular weight is 479 g/mol. The lowest BCUT2D eigenvalue weighted by molar-refractivity contribution is -0.138. The fourth-order valence-corrected chi connectivity index (χ4v) is 5.29.